The SMILES string of the molecule is CCc1c(C)c2cccc(Cl)c2c(=O)n1-c1ccccc1. The molecule has 0 unspecified atom stereocenters. The summed E-state index contributed by atoms with van der Waals surface area (Å²) in [5, 5.41) is 2.04. The summed E-state index contributed by atoms with van der Waals surface area (Å²) in [7, 11) is 0. The summed E-state index contributed by atoms with van der Waals surface area (Å²) in [6, 6.07) is 15.3. The third kappa shape index (κ3) is 2.16. The van der Waals surface area contributed by atoms with E-state index in [0.29, 0.717) is 10.4 Å². The minimum Gasteiger partial charge on any atom is -0.280 e. The van der Waals surface area contributed by atoms with Crippen molar-refractivity contribution in [2.45, 2.75) is 20.3 Å². The van der Waals surface area contributed by atoms with E-state index in [1.807, 2.05) is 42.5 Å². The van der Waals surface area contributed by atoms with Gasteiger partial charge in [0, 0.05) is 11.4 Å². The van der Waals surface area contributed by atoms with Crippen LogP contribution in [-0.2, 0) is 6.42 Å². The maximum Gasteiger partial charge on any atom is 0.264 e. The zero-order valence-corrected chi connectivity index (χ0v) is 12.8. The number of hydrogen-bond donors (Lipinski definition) is 0. The van der Waals surface area contributed by atoms with Crippen LogP contribution >= 0.6 is 11.6 Å². The van der Waals surface area contributed by atoms with Crippen molar-refractivity contribution in [3.05, 3.63) is 75.2 Å². The van der Waals surface area contributed by atoms with Crippen molar-refractivity contribution >= 4 is 22.4 Å². The number of fused-ring (bicyclic) bond motifs is 1. The Kier molecular flexibility index (Phi) is 3.56. The van der Waals surface area contributed by atoms with Crippen molar-refractivity contribution in [1.29, 1.82) is 0 Å². The fourth-order valence-electron chi connectivity index (χ4n) is 2.88. The monoisotopic (exact) mass is 297 g/mol. The van der Waals surface area contributed by atoms with Gasteiger partial charge in [-0.1, -0.05) is 48.9 Å². The van der Waals surface area contributed by atoms with Gasteiger partial charge in [-0.15, -0.1) is 0 Å². The van der Waals surface area contributed by atoms with Crippen molar-refractivity contribution in [2.75, 3.05) is 0 Å². The van der Waals surface area contributed by atoms with Gasteiger partial charge in [-0.25, -0.2) is 0 Å². The molecule has 0 saturated heterocycles. The minimum atomic E-state index is -0.0516. The molecule has 3 aromatic rings. The topological polar surface area (TPSA) is 22.0 Å². The molecular formula is C18H16ClNO. The number of para-hydroxylation sites is 1. The smallest absolute Gasteiger partial charge is 0.264 e. The Balaban J connectivity index is 2.53. The molecule has 2 nitrogen and oxygen atoms in total. The number of nitrogens with zero attached hydrogens (tertiary/aromatic N) is 1. The van der Waals surface area contributed by atoms with Gasteiger partial charge in [-0.2, -0.15) is 0 Å². The lowest BCUT2D eigenvalue weighted by molar-refractivity contribution is 0.875. The van der Waals surface area contributed by atoms with E-state index in [1.165, 1.54) is 0 Å². The largest absolute Gasteiger partial charge is 0.280 e. The van der Waals surface area contributed by atoms with E-state index in [0.717, 1.165) is 28.8 Å². The molecule has 2 aromatic carbocycles. The first-order valence-electron chi connectivity index (χ1n) is 7.03. The van der Waals surface area contributed by atoms with Crippen LogP contribution in [0.1, 0.15) is 18.2 Å². The Morgan fingerprint density at radius 1 is 1.05 bits per heavy atom. The summed E-state index contributed by atoms with van der Waals surface area (Å²) in [5.74, 6) is 0. The molecule has 0 radical (unpaired) electrons. The first-order valence-corrected chi connectivity index (χ1v) is 7.41. The lowest BCUT2D eigenvalue weighted by Crippen LogP contribution is -2.23. The van der Waals surface area contributed by atoms with Gasteiger partial charge in [0.1, 0.15) is 0 Å². The first kappa shape index (κ1) is 13.9. The summed E-state index contributed by atoms with van der Waals surface area (Å²) in [6.07, 6.45) is 0.790. The molecular weight excluding hydrogens is 282 g/mol. The van der Waals surface area contributed by atoms with E-state index in [2.05, 4.69) is 13.8 Å². The zero-order chi connectivity index (χ0) is 15.0. The Morgan fingerprint density at radius 2 is 1.76 bits per heavy atom. The second kappa shape index (κ2) is 5.38. The fourth-order valence-corrected chi connectivity index (χ4v) is 3.14. The standard InChI is InChI=1S/C18H16ClNO/c1-3-16-12(2)14-10-7-11-15(19)17(14)18(21)20(16)13-8-5-4-6-9-13/h4-11H,3H2,1-2H3. The zero-order valence-electron chi connectivity index (χ0n) is 12.1. The summed E-state index contributed by atoms with van der Waals surface area (Å²) in [6.45, 7) is 4.12. The molecule has 0 spiro atoms. The van der Waals surface area contributed by atoms with Crippen molar-refractivity contribution in [3.63, 3.8) is 0 Å². The van der Waals surface area contributed by atoms with E-state index < -0.39 is 0 Å². The number of hydrogen-bond acceptors (Lipinski definition) is 1. The number of aromatic nitrogens is 1. The van der Waals surface area contributed by atoms with Gasteiger partial charge in [0.15, 0.2) is 0 Å². The maximum absolute atomic E-state index is 13.0. The van der Waals surface area contributed by atoms with Crippen LogP contribution in [0.4, 0.5) is 0 Å². The van der Waals surface area contributed by atoms with Crippen LogP contribution in [-0.4, -0.2) is 4.57 Å². The number of aryl methyl sites for hydroxylation is 1. The molecule has 1 aromatic heterocycles. The highest BCUT2D eigenvalue weighted by Crippen LogP contribution is 2.26. The highest BCUT2D eigenvalue weighted by atomic mass is 35.5. The number of benzene rings is 2. The highest BCUT2D eigenvalue weighted by molar-refractivity contribution is 6.35. The van der Waals surface area contributed by atoms with Crippen LogP contribution in [0.5, 0.6) is 0 Å². The number of halogens is 1. The molecule has 0 atom stereocenters. The third-order valence-electron chi connectivity index (χ3n) is 3.89. The summed E-state index contributed by atoms with van der Waals surface area (Å²) >= 11 is 6.28. The van der Waals surface area contributed by atoms with Crippen LogP contribution in [0.3, 0.4) is 0 Å². The van der Waals surface area contributed by atoms with Crippen LogP contribution < -0.4 is 5.56 Å². The quantitative estimate of drug-likeness (QED) is 0.682. The van der Waals surface area contributed by atoms with E-state index >= 15 is 0 Å². The summed E-state index contributed by atoms with van der Waals surface area (Å²) < 4.78 is 1.78. The number of rotatable bonds is 2. The molecule has 3 rings (SSSR count). The molecule has 1 heterocycles. The molecule has 0 amide bonds. The Morgan fingerprint density at radius 3 is 2.43 bits per heavy atom. The van der Waals surface area contributed by atoms with Gasteiger partial charge < -0.3 is 0 Å². The summed E-state index contributed by atoms with van der Waals surface area (Å²) in [4.78, 5) is 13.0. The van der Waals surface area contributed by atoms with Gasteiger partial charge in [-0.3, -0.25) is 9.36 Å². The molecule has 0 N–H and O–H groups in total. The normalized spacial score (nSPS) is 11.0. The third-order valence-corrected chi connectivity index (χ3v) is 4.20. The van der Waals surface area contributed by atoms with E-state index in [9.17, 15) is 4.79 Å². The van der Waals surface area contributed by atoms with E-state index in [4.69, 9.17) is 11.6 Å². The van der Waals surface area contributed by atoms with Gasteiger partial charge >= 0.3 is 0 Å². The lowest BCUT2D eigenvalue weighted by atomic mass is 10.0. The van der Waals surface area contributed by atoms with Crippen LogP contribution in [0.25, 0.3) is 16.5 Å². The molecule has 0 aliphatic rings. The van der Waals surface area contributed by atoms with Crippen molar-refractivity contribution in [2.24, 2.45) is 0 Å². The van der Waals surface area contributed by atoms with Crippen molar-refractivity contribution in [1.82, 2.24) is 4.57 Å². The molecule has 3 heteroatoms. The van der Waals surface area contributed by atoms with Crippen LogP contribution in [0, 0.1) is 6.92 Å². The van der Waals surface area contributed by atoms with Crippen LogP contribution in [0.2, 0.25) is 5.02 Å². The molecule has 0 saturated carbocycles. The number of pyridine rings is 1. The van der Waals surface area contributed by atoms with Crippen LogP contribution in [0.15, 0.2) is 53.3 Å². The Hall–Kier alpha value is -2.06. The summed E-state index contributed by atoms with van der Waals surface area (Å²) in [5.41, 5.74) is 2.97. The van der Waals surface area contributed by atoms with E-state index in [1.54, 1.807) is 10.6 Å². The lowest BCUT2D eigenvalue weighted by Gasteiger charge is -2.17. The molecule has 0 aliphatic heterocycles. The average Bonchev–Trinajstić information content (AvgIpc) is 2.51. The molecule has 106 valence electrons. The predicted molar refractivity (Wildman–Crippen MR) is 88.7 cm³/mol. The van der Waals surface area contributed by atoms with Gasteiger partial charge in [0.25, 0.3) is 5.56 Å². The Bertz CT molecular complexity index is 866. The van der Waals surface area contributed by atoms with Gasteiger partial charge in [0.05, 0.1) is 10.4 Å². The fraction of sp³-hybridized carbons (Fsp3) is 0.167. The first-order chi connectivity index (χ1) is 10.1. The van der Waals surface area contributed by atoms with Crippen molar-refractivity contribution in [3.8, 4) is 5.69 Å². The molecule has 0 bridgehead atoms. The van der Waals surface area contributed by atoms with Gasteiger partial charge in [0.2, 0.25) is 0 Å². The maximum atomic E-state index is 13.0. The molecule has 0 aliphatic carbocycles. The Labute approximate surface area is 128 Å². The van der Waals surface area contributed by atoms with Gasteiger partial charge in [-0.05, 0) is 42.5 Å². The van der Waals surface area contributed by atoms with E-state index in [-0.39, 0.29) is 5.56 Å². The second-order valence-corrected chi connectivity index (χ2v) is 5.47. The average molecular weight is 298 g/mol. The minimum absolute atomic E-state index is 0.0516. The van der Waals surface area contributed by atoms with Crippen molar-refractivity contribution < 1.29 is 0 Å². The second-order valence-electron chi connectivity index (χ2n) is 5.06. The highest BCUT2D eigenvalue weighted by Gasteiger charge is 2.15. The predicted octanol–water partition coefficient (Wildman–Crippen LogP) is 4.51. The molecule has 0 fully saturated rings. The molecule has 21 heavy (non-hydrogen) atoms.